The molecule has 4 aromatic carbocycles. The Morgan fingerprint density at radius 3 is 2.21 bits per heavy atom. The molecule has 1 N–H and O–H groups in total. The third-order valence-electron chi connectivity index (χ3n) is 7.07. The number of para-hydroxylation sites is 1. The minimum absolute atomic E-state index is 0.0687. The number of amides is 1. The normalized spacial score (nSPS) is 10.9. The van der Waals surface area contributed by atoms with Crippen molar-refractivity contribution in [2.24, 2.45) is 0 Å². The summed E-state index contributed by atoms with van der Waals surface area (Å²) in [7, 11) is 3.17. The molecule has 0 aliphatic rings. The van der Waals surface area contributed by atoms with Crippen LogP contribution in [0.2, 0.25) is 5.02 Å². The van der Waals surface area contributed by atoms with E-state index in [0.29, 0.717) is 46.0 Å². The zero-order valence-corrected chi connectivity index (χ0v) is 24.1. The van der Waals surface area contributed by atoms with Gasteiger partial charge >= 0.3 is 5.69 Å². The minimum atomic E-state index is -0.421. The third-order valence-corrected chi connectivity index (χ3v) is 7.30. The lowest BCUT2D eigenvalue weighted by Crippen LogP contribution is -2.40. The summed E-state index contributed by atoms with van der Waals surface area (Å²) < 4.78 is 13.4. The van der Waals surface area contributed by atoms with Crippen LogP contribution in [-0.4, -0.2) is 35.8 Å². The average Bonchev–Trinajstić information content (AvgIpc) is 3.01. The number of hydrogen-bond acceptors (Lipinski definition) is 5. The van der Waals surface area contributed by atoms with E-state index in [1.54, 1.807) is 79.5 Å². The molecular formula is C33H30ClN3O5. The first-order valence-corrected chi connectivity index (χ1v) is 13.8. The fourth-order valence-electron chi connectivity index (χ4n) is 4.88. The molecule has 0 atom stereocenters. The third kappa shape index (κ3) is 6.24. The summed E-state index contributed by atoms with van der Waals surface area (Å²) in [5.74, 6) is 1.07. The maximum Gasteiger partial charge on any atom is 0.332 e. The molecule has 0 unspecified atom stereocenters. The number of fused-ring (bicyclic) bond motifs is 1. The first-order valence-electron chi connectivity index (χ1n) is 13.4. The summed E-state index contributed by atoms with van der Waals surface area (Å²) in [6.07, 6.45) is 0.622. The Labute approximate surface area is 247 Å². The lowest BCUT2D eigenvalue weighted by Gasteiger charge is -2.15. The van der Waals surface area contributed by atoms with Crippen LogP contribution in [0.25, 0.3) is 10.9 Å². The highest BCUT2D eigenvalue weighted by molar-refractivity contribution is 6.30. The molecule has 1 amide bonds. The van der Waals surface area contributed by atoms with E-state index in [1.165, 1.54) is 4.57 Å². The Morgan fingerprint density at radius 1 is 0.762 bits per heavy atom. The lowest BCUT2D eigenvalue weighted by atomic mass is 10.1. The van der Waals surface area contributed by atoms with Crippen molar-refractivity contribution in [3.05, 3.63) is 139 Å². The number of nitrogens with zero attached hydrogens (tertiary/aromatic N) is 2. The molecule has 5 rings (SSSR count). The Balaban J connectivity index is 1.31. The molecule has 0 aliphatic carbocycles. The molecule has 1 aromatic heterocycles. The zero-order chi connectivity index (χ0) is 29.6. The Bertz CT molecular complexity index is 1860. The molecule has 0 aliphatic heterocycles. The van der Waals surface area contributed by atoms with Gasteiger partial charge in [0.25, 0.3) is 11.5 Å². The number of carbonyl (C=O) groups excluding carboxylic acids is 1. The topological polar surface area (TPSA) is 91.6 Å². The molecule has 0 saturated carbocycles. The molecular weight excluding hydrogens is 554 g/mol. The summed E-state index contributed by atoms with van der Waals surface area (Å²) in [6, 6.07) is 26.9. The van der Waals surface area contributed by atoms with Crippen LogP contribution in [0.1, 0.15) is 27.0 Å². The van der Waals surface area contributed by atoms with Crippen LogP contribution < -0.4 is 26.0 Å². The Hall–Kier alpha value is -4.82. The van der Waals surface area contributed by atoms with E-state index >= 15 is 0 Å². The highest BCUT2D eigenvalue weighted by Gasteiger charge is 2.14. The van der Waals surface area contributed by atoms with E-state index in [1.807, 2.05) is 30.3 Å². The number of rotatable bonds is 10. The molecule has 0 radical (unpaired) electrons. The van der Waals surface area contributed by atoms with Gasteiger partial charge in [-0.15, -0.1) is 0 Å². The van der Waals surface area contributed by atoms with E-state index in [4.69, 9.17) is 21.1 Å². The van der Waals surface area contributed by atoms with Gasteiger partial charge in [0.2, 0.25) is 0 Å². The van der Waals surface area contributed by atoms with Gasteiger partial charge in [0.15, 0.2) is 11.5 Å². The van der Waals surface area contributed by atoms with Crippen LogP contribution in [0.15, 0.2) is 101 Å². The number of carbonyl (C=O) groups is 1. The van der Waals surface area contributed by atoms with E-state index in [-0.39, 0.29) is 24.6 Å². The first-order chi connectivity index (χ1) is 20.4. The molecule has 0 spiro atoms. The summed E-state index contributed by atoms with van der Waals surface area (Å²) in [4.78, 5) is 39.7. The van der Waals surface area contributed by atoms with Crippen molar-refractivity contribution >= 4 is 28.4 Å². The highest BCUT2D eigenvalue weighted by atomic mass is 35.5. The van der Waals surface area contributed by atoms with Crippen LogP contribution in [-0.2, 0) is 19.5 Å². The van der Waals surface area contributed by atoms with Crippen molar-refractivity contribution in [2.45, 2.75) is 19.5 Å². The molecule has 0 saturated heterocycles. The van der Waals surface area contributed by atoms with Crippen LogP contribution in [0.4, 0.5) is 0 Å². The average molecular weight is 584 g/mol. The van der Waals surface area contributed by atoms with Crippen LogP contribution in [0, 0.1) is 0 Å². The monoisotopic (exact) mass is 583 g/mol. The number of halogens is 1. The van der Waals surface area contributed by atoms with Gasteiger partial charge in [0.05, 0.1) is 38.2 Å². The number of aromatic nitrogens is 2. The van der Waals surface area contributed by atoms with Gasteiger partial charge in [-0.1, -0.05) is 54.1 Å². The largest absolute Gasteiger partial charge is 0.493 e. The quantitative estimate of drug-likeness (QED) is 0.252. The fraction of sp³-hybridized carbons (Fsp3) is 0.182. The van der Waals surface area contributed by atoms with Crippen molar-refractivity contribution in [1.29, 1.82) is 0 Å². The maximum absolute atomic E-state index is 13.6. The van der Waals surface area contributed by atoms with Crippen LogP contribution in [0.5, 0.6) is 11.5 Å². The SMILES string of the molecule is COc1ccc(CCNC(=O)c2ccc(Cn3c(=O)c4ccccc4n(Cc4cccc(Cl)c4)c3=O)cc2)cc1OC. The van der Waals surface area contributed by atoms with Gasteiger partial charge in [0.1, 0.15) is 0 Å². The van der Waals surface area contributed by atoms with Gasteiger partial charge in [-0.3, -0.25) is 18.7 Å². The Kier molecular flexibility index (Phi) is 8.74. The van der Waals surface area contributed by atoms with Gasteiger partial charge in [-0.05, 0) is 71.6 Å². The van der Waals surface area contributed by atoms with Crippen molar-refractivity contribution < 1.29 is 14.3 Å². The second-order valence-corrected chi connectivity index (χ2v) is 10.2. The molecule has 42 heavy (non-hydrogen) atoms. The van der Waals surface area contributed by atoms with E-state index in [9.17, 15) is 14.4 Å². The minimum Gasteiger partial charge on any atom is -0.493 e. The summed E-state index contributed by atoms with van der Waals surface area (Å²) in [5.41, 5.74) is 2.83. The molecule has 214 valence electrons. The zero-order valence-electron chi connectivity index (χ0n) is 23.3. The van der Waals surface area contributed by atoms with Gasteiger partial charge in [-0.2, -0.15) is 0 Å². The summed E-state index contributed by atoms with van der Waals surface area (Å²) in [5, 5.41) is 3.95. The van der Waals surface area contributed by atoms with E-state index in [0.717, 1.165) is 16.7 Å². The molecule has 0 fully saturated rings. The molecule has 0 bridgehead atoms. The lowest BCUT2D eigenvalue weighted by molar-refractivity contribution is 0.0954. The first kappa shape index (κ1) is 28.7. The summed E-state index contributed by atoms with van der Waals surface area (Å²) in [6.45, 7) is 0.774. The molecule has 5 aromatic rings. The van der Waals surface area contributed by atoms with Crippen LogP contribution in [0.3, 0.4) is 0 Å². The van der Waals surface area contributed by atoms with E-state index in [2.05, 4.69) is 5.32 Å². The van der Waals surface area contributed by atoms with Crippen molar-refractivity contribution in [3.63, 3.8) is 0 Å². The van der Waals surface area contributed by atoms with Gasteiger partial charge < -0.3 is 14.8 Å². The molecule has 9 heteroatoms. The number of nitrogens with one attached hydrogen (secondary N) is 1. The smallest absolute Gasteiger partial charge is 0.332 e. The van der Waals surface area contributed by atoms with Crippen molar-refractivity contribution in [1.82, 2.24) is 14.5 Å². The highest BCUT2D eigenvalue weighted by Crippen LogP contribution is 2.27. The number of ether oxygens (including phenoxy) is 2. The van der Waals surface area contributed by atoms with Crippen LogP contribution >= 0.6 is 11.6 Å². The second kappa shape index (κ2) is 12.8. The number of methoxy groups -OCH3 is 2. The molecule has 1 heterocycles. The summed E-state index contributed by atoms with van der Waals surface area (Å²) >= 11 is 6.17. The predicted molar refractivity (Wildman–Crippen MR) is 164 cm³/mol. The van der Waals surface area contributed by atoms with Gasteiger partial charge in [-0.25, -0.2) is 4.79 Å². The Morgan fingerprint density at radius 2 is 1.48 bits per heavy atom. The van der Waals surface area contributed by atoms with Gasteiger partial charge in [0, 0.05) is 17.1 Å². The van der Waals surface area contributed by atoms with Crippen molar-refractivity contribution in [2.75, 3.05) is 20.8 Å². The number of benzene rings is 4. The van der Waals surface area contributed by atoms with Crippen molar-refractivity contribution in [3.8, 4) is 11.5 Å². The fourth-order valence-corrected chi connectivity index (χ4v) is 5.10. The number of hydrogen-bond donors (Lipinski definition) is 1. The standard InChI is InChI=1S/C33H30ClN3O5/c1-41-29-15-12-22(19-30(29)42-2)16-17-35-31(38)25-13-10-23(11-14-25)20-37-32(39)27-8-3-4-9-28(27)36(33(37)40)21-24-6-5-7-26(34)18-24/h3-15,18-19H,16-17,20-21H2,1-2H3,(H,35,38). The predicted octanol–water partition coefficient (Wildman–Crippen LogP) is 4.90. The second-order valence-electron chi connectivity index (χ2n) is 9.80. The van der Waals surface area contributed by atoms with E-state index < -0.39 is 5.69 Å². The molecule has 8 nitrogen and oxygen atoms in total. The maximum atomic E-state index is 13.6.